The molecule has 0 radical (unpaired) electrons. The van der Waals surface area contributed by atoms with Crippen LogP contribution in [-0.4, -0.2) is 77.9 Å². The predicted molar refractivity (Wildman–Crippen MR) is 86.4 cm³/mol. The topological polar surface area (TPSA) is 90.9 Å². The summed E-state index contributed by atoms with van der Waals surface area (Å²) in [4.78, 5) is 35.6. The number of hydrogen-bond acceptors (Lipinski definition) is 7. The van der Waals surface area contributed by atoms with E-state index in [0.29, 0.717) is 11.6 Å². The molecule has 9 nitrogen and oxygen atoms in total. The number of amides is 2. The van der Waals surface area contributed by atoms with E-state index in [4.69, 9.17) is 4.74 Å². The van der Waals surface area contributed by atoms with Crippen molar-refractivity contribution >= 4 is 17.9 Å². The van der Waals surface area contributed by atoms with Gasteiger partial charge in [-0.15, -0.1) is 5.12 Å². The first kappa shape index (κ1) is 17.3. The predicted octanol–water partition coefficient (Wildman–Crippen LogP) is 0.111. The molecule has 1 aromatic heterocycles. The van der Waals surface area contributed by atoms with Gasteiger partial charge in [-0.25, -0.2) is 14.8 Å². The second-order valence-electron chi connectivity index (χ2n) is 6.19. The Bertz CT molecular complexity index is 652. The molecule has 25 heavy (non-hydrogen) atoms. The Morgan fingerprint density at radius 1 is 1.40 bits per heavy atom. The van der Waals surface area contributed by atoms with E-state index >= 15 is 0 Å². The molecule has 10 heteroatoms. The van der Waals surface area contributed by atoms with Crippen molar-refractivity contribution in [1.29, 1.82) is 0 Å². The first-order valence-corrected chi connectivity index (χ1v) is 8.12. The summed E-state index contributed by atoms with van der Waals surface area (Å²) in [6, 6.07) is 0.535. The number of ether oxygens (including phenoxy) is 1. The standard InChI is InChI=1S/C15H21FN6O3/c1-10(23)18-9-12-13(22(16)15(24)25-12)11-3-4-17-14(19-11)21-7-5-20(2)6-8-21/h3-4,12-13H,5-9H2,1-2H3,(H,18,23)/t12-,13?/m0/s1. The van der Waals surface area contributed by atoms with Crippen LogP contribution in [0.25, 0.3) is 0 Å². The maximum atomic E-state index is 14.2. The molecule has 3 rings (SSSR count). The van der Waals surface area contributed by atoms with E-state index in [9.17, 15) is 14.1 Å². The molecule has 1 aromatic rings. The number of hydrogen-bond donors (Lipinski definition) is 1. The second kappa shape index (κ2) is 7.18. The van der Waals surface area contributed by atoms with Crippen molar-refractivity contribution in [3.63, 3.8) is 0 Å². The van der Waals surface area contributed by atoms with E-state index < -0.39 is 18.2 Å². The third-order valence-corrected chi connectivity index (χ3v) is 4.33. The molecular formula is C15H21FN6O3. The van der Waals surface area contributed by atoms with Gasteiger partial charge in [-0.3, -0.25) is 4.79 Å². The average molecular weight is 352 g/mol. The largest absolute Gasteiger partial charge is 0.440 e. The van der Waals surface area contributed by atoms with E-state index in [1.54, 1.807) is 12.3 Å². The molecule has 2 amide bonds. The first-order valence-electron chi connectivity index (χ1n) is 8.12. The summed E-state index contributed by atoms with van der Waals surface area (Å²) in [5, 5.41) is 2.56. The Hall–Kier alpha value is -2.49. The summed E-state index contributed by atoms with van der Waals surface area (Å²) in [5.74, 6) is 0.213. The average Bonchev–Trinajstić information content (AvgIpc) is 2.88. The quantitative estimate of drug-likeness (QED) is 0.769. The highest BCUT2D eigenvalue weighted by Crippen LogP contribution is 2.33. The molecule has 2 fully saturated rings. The van der Waals surface area contributed by atoms with Crippen LogP contribution >= 0.6 is 0 Å². The van der Waals surface area contributed by atoms with Crippen molar-refractivity contribution < 1.29 is 18.8 Å². The lowest BCUT2D eigenvalue weighted by Gasteiger charge is -2.32. The number of rotatable bonds is 4. The fraction of sp³-hybridized carbons (Fsp3) is 0.600. The summed E-state index contributed by atoms with van der Waals surface area (Å²) < 4.78 is 19.2. The van der Waals surface area contributed by atoms with E-state index in [1.807, 2.05) is 11.9 Å². The molecule has 0 spiro atoms. The maximum absolute atomic E-state index is 14.2. The SMILES string of the molecule is CC(=O)NC[C@@H]1OC(=O)N(F)C1c1ccnc(N2CCN(C)CC2)n1. The van der Waals surface area contributed by atoms with Gasteiger partial charge in [0.25, 0.3) is 0 Å². The molecule has 1 unspecified atom stereocenters. The van der Waals surface area contributed by atoms with Crippen molar-refractivity contribution in [1.82, 2.24) is 25.3 Å². The molecule has 1 N–H and O–H groups in total. The van der Waals surface area contributed by atoms with Gasteiger partial charge in [0.2, 0.25) is 11.9 Å². The first-order chi connectivity index (χ1) is 12.0. The highest BCUT2D eigenvalue weighted by Gasteiger charge is 2.45. The molecule has 2 atom stereocenters. The minimum absolute atomic E-state index is 0.0139. The zero-order chi connectivity index (χ0) is 18.0. The Balaban J connectivity index is 1.80. The number of cyclic esters (lactones) is 1. The van der Waals surface area contributed by atoms with Crippen LogP contribution in [0.1, 0.15) is 18.7 Å². The van der Waals surface area contributed by atoms with Crippen LogP contribution in [-0.2, 0) is 9.53 Å². The molecule has 2 aliphatic heterocycles. The van der Waals surface area contributed by atoms with Gasteiger partial charge in [0.1, 0.15) is 12.1 Å². The molecule has 2 saturated heterocycles. The number of carbonyl (C=O) groups is 2. The minimum atomic E-state index is -1.08. The van der Waals surface area contributed by atoms with Crippen molar-refractivity contribution in [2.24, 2.45) is 0 Å². The molecule has 136 valence electrons. The number of nitrogens with one attached hydrogen (secondary N) is 1. The van der Waals surface area contributed by atoms with Crippen LogP contribution in [0.3, 0.4) is 0 Å². The third kappa shape index (κ3) is 3.78. The van der Waals surface area contributed by atoms with Gasteiger partial charge < -0.3 is 19.9 Å². The Morgan fingerprint density at radius 3 is 2.80 bits per heavy atom. The summed E-state index contributed by atoms with van der Waals surface area (Å²) in [6.45, 7) is 4.68. The van der Waals surface area contributed by atoms with Crippen LogP contribution < -0.4 is 10.2 Å². The molecule has 0 bridgehead atoms. The molecule has 0 saturated carbocycles. The Labute approximate surface area is 144 Å². The van der Waals surface area contributed by atoms with Crippen LogP contribution in [0.5, 0.6) is 0 Å². The third-order valence-electron chi connectivity index (χ3n) is 4.33. The fourth-order valence-corrected chi connectivity index (χ4v) is 2.89. The highest BCUT2D eigenvalue weighted by atomic mass is 19.2. The second-order valence-corrected chi connectivity index (χ2v) is 6.19. The normalized spacial score (nSPS) is 24.4. The van der Waals surface area contributed by atoms with E-state index in [0.717, 1.165) is 26.2 Å². The van der Waals surface area contributed by atoms with Crippen molar-refractivity contribution in [2.45, 2.75) is 19.1 Å². The lowest BCUT2D eigenvalue weighted by Crippen LogP contribution is -2.45. The number of anilines is 1. The molecule has 0 aromatic carbocycles. The van der Waals surface area contributed by atoms with Crippen molar-refractivity contribution in [3.05, 3.63) is 18.0 Å². The number of nitrogens with zero attached hydrogens (tertiary/aromatic N) is 5. The lowest BCUT2D eigenvalue weighted by molar-refractivity contribution is -0.119. The molecule has 0 aliphatic carbocycles. The maximum Gasteiger partial charge on any atom is 0.439 e. The number of likely N-dealkylation sites (N-methyl/N-ethyl adjacent to an activating group) is 1. The van der Waals surface area contributed by atoms with Gasteiger partial charge in [-0.05, 0) is 13.1 Å². The zero-order valence-electron chi connectivity index (χ0n) is 14.2. The van der Waals surface area contributed by atoms with Crippen molar-refractivity contribution in [3.8, 4) is 0 Å². The van der Waals surface area contributed by atoms with Crippen LogP contribution in [0.4, 0.5) is 15.2 Å². The summed E-state index contributed by atoms with van der Waals surface area (Å²) in [5.41, 5.74) is 0.340. The zero-order valence-corrected chi connectivity index (χ0v) is 14.2. The van der Waals surface area contributed by atoms with Crippen molar-refractivity contribution in [2.75, 3.05) is 44.7 Å². The van der Waals surface area contributed by atoms with Crippen LogP contribution in [0, 0.1) is 0 Å². The van der Waals surface area contributed by atoms with E-state index in [-0.39, 0.29) is 17.6 Å². The molecule has 2 aliphatic rings. The molecule has 3 heterocycles. The number of carbonyl (C=O) groups excluding carboxylic acids is 2. The highest BCUT2D eigenvalue weighted by molar-refractivity contribution is 5.73. The van der Waals surface area contributed by atoms with Gasteiger partial charge in [-0.1, -0.05) is 4.48 Å². The summed E-state index contributed by atoms with van der Waals surface area (Å²) in [7, 11) is 2.05. The van der Waals surface area contributed by atoms with Crippen LogP contribution in [0.15, 0.2) is 12.3 Å². The van der Waals surface area contributed by atoms with Gasteiger partial charge in [0.15, 0.2) is 0 Å². The lowest BCUT2D eigenvalue weighted by atomic mass is 10.1. The van der Waals surface area contributed by atoms with E-state index in [1.165, 1.54) is 6.92 Å². The van der Waals surface area contributed by atoms with E-state index in [2.05, 4.69) is 20.2 Å². The van der Waals surface area contributed by atoms with Gasteiger partial charge >= 0.3 is 6.09 Å². The number of aromatic nitrogens is 2. The number of halogens is 1. The van der Waals surface area contributed by atoms with Crippen LogP contribution in [0.2, 0.25) is 0 Å². The smallest absolute Gasteiger partial charge is 0.439 e. The fourth-order valence-electron chi connectivity index (χ4n) is 2.89. The summed E-state index contributed by atoms with van der Waals surface area (Å²) >= 11 is 0. The van der Waals surface area contributed by atoms with Gasteiger partial charge in [0.05, 0.1) is 12.2 Å². The Kier molecular flexibility index (Phi) is 4.98. The molecular weight excluding hydrogens is 331 g/mol. The minimum Gasteiger partial charge on any atom is -0.440 e. The van der Waals surface area contributed by atoms with Gasteiger partial charge in [0, 0.05) is 39.3 Å². The monoisotopic (exact) mass is 352 g/mol. The van der Waals surface area contributed by atoms with Gasteiger partial charge in [-0.2, -0.15) is 0 Å². The number of piperazine rings is 1. The summed E-state index contributed by atoms with van der Waals surface area (Å²) in [6.07, 6.45) is -0.390. The Morgan fingerprint density at radius 2 is 2.12 bits per heavy atom.